The van der Waals surface area contributed by atoms with Crippen LogP contribution in [-0.2, 0) is 16.2 Å². The smallest absolute Gasteiger partial charge is 0.123 e. The van der Waals surface area contributed by atoms with Gasteiger partial charge in [0.15, 0.2) is 0 Å². The number of benzene rings is 1. The fraction of sp³-hybridized carbons (Fsp3) is 0.833. The molecule has 0 atom stereocenters. The minimum Gasteiger partial charge on any atom is -0.508 e. The number of phenols is 2. The van der Waals surface area contributed by atoms with E-state index in [9.17, 15) is 10.2 Å². The van der Waals surface area contributed by atoms with Gasteiger partial charge in [0.2, 0.25) is 0 Å². The molecule has 2 heteroatoms. The summed E-state index contributed by atoms with van der Waals surface area (Å²) in [6, 6.07) is 2.19. The van der Waals surface area contributed by atoms with E-state index in [1.54, 1.807) is 0 Å². The first kappa shape index (κ1) is 22.5. The standard InChI is InChI=1S/C36H48O2/c37-30-10-29(34-11-20-1-21(12-34)3-22(2-20)13-34)33(38)32(36-17-26-7-27(18-36)9-28(8-26)19-36)31(30)35-14-23-4-24(15-35)6-25(5-23)16-35/h10,20-28,37-38H,1-9,11-19H2. The molecule has 204 valence electrons. The van der Waals surface area contributed by atoms with Crippen molar-refractivity contribution in [3.63, 3.8) is 0 Å². The maximum Gasteiger partial charge on any atom is 0.123 e. The van der Waals surface area contributed by atoms with Crippen molar-refractivity contribution in [2.24, 2.45) is 53.3 Å². The summed E-state index contributed by atoms with van der Waals surface area (Å²) in [4.78, 5) is 0. The average molecular weight is 513 g/mol. The van der Waals surface area contributed by atoms with E-state index < -0.39 is 0 Å². The second-order valence-electron chi connectivity index (χ2n) is 17.6. The highest BCUT2D eigenvalue weighted by Gasteiger charge is 2.60. The van der Waals surface area contributed by atoms with Gasteiger partial charge in [0.05, 0.1) is 0 Å². The average Bonchev–Trinajstić information content (AvgIpc) is 2.82. The van der Waals surface area contributed by atoms with Gasteiger partial charge in [0, 0.05) is 27.5 Å². The number of hydrogen-bond acceptors (Lipinski definition) is 2. The largest absolute Gasteiger partial charge is 0.508 e. The third-order valence-electron chi connectivity index (χ3n) is 15.0. The van der Waals surface area contributed by atoms with Gasteiger partial charge in [-0.25, -0.2) is 0 Å². The molecular formula is C36H48O2. The molecule has 1 aromatic carbocycles. The Hall–Kier alpha value is -1.18. The van der Waals surface area contributed by atoms with Crippen LogP contribution in [0.15, 0.2) is 6.07 Å². The fourth-order valence-electron chi connectivity index (χ4n) is 15.4. The second kappa shape index (κ2) is 7.17. The summed E-state index contributed by atoms with van der Waals surface area (Å²) in [7, 11) is 0. The Morgan fingerprint density at radius 1 is 0.421 bits per heavy atom. The van der Waals surface area contributed by atoms with Crippen LogP contribution in [0.25, 0.3) is 0 Å². The van der Waals surface area contributed by atoms with Gasteiger partial charge in [0.25, 0.3) is 0 Å². The zero-order valence-electron chi connectivity index (χ0n) is 23.4. The predicted molar refractivity (Wildman–Crippen MR) is 149 cm³/mol. The van der Waals surface area contributed by atoms with Crippen molar-refractivity contribution in [1.82, 2.24) is 0 Å². The molecule has 0 radical (unpaired) electrons. The molecule has 0 heterocycles. The molecule has 12 fully saturated rings. The Kier molecular flexibility index (Phi) is 4.25. The van der Waals surface area contributed by atoms with Gasteiger partial charge in [-0.2, -0.15) is 0 Å². The van der Waals surface area contributed by atoms with Gasteiger partial charge in [-0.05, 0) is 180 Å². The van der Waals surface area contributed by atoms with Crippen molar-refractivity contribution in [2.75, 3.05) is 0 Å². The Morgan fingerprint density at radius 2 is 0.711 bits per heavy atom. The third-order valence-corrected chi connectivity index (χ3v) is 15.0. The van der Waals surface area contributed by atoms with E-state index in [0.29, 0.717) is 5.75 Å². The van der Waals surface area contributed by atoms with E-state index >= 15 is 0 Å². The second-order valence-corrected chi connectivity index (χ2v) is 17.6. The summed E-state index contributed by atoms with van der Waals surface area (Å²) in [5.41, 5.74) is 4.28. The first-order chi connectivity index (χ1) is 18.4. The Morgan fingerprint density at radius 3 is 1.05 bits per heavy atom. The normalized spacial score (nSPS) is 54.8. The Balaban J connectivity index is 1.20. The molecule has 12 bridgehead atoms. The Bertz CT molecular complexity index is 1100. The lowest BCUT2D eigenvalue weighted by Gasteiger charge is -2.61. The summed E-state index contributed by atoms with van der Waals surface area (Å²) in [5, 5.41) is 25.2. The summed E-state index contributed by atoms with van der Waals surface area (Å²) in [5.74, 6) is 9.05. The fourth-order valence-corrected chi connectivity index (χ4v) is 15.4. The lowest BCUT2D eigenvalue weighted by atomic mass is 9.43. The van der Waals surface area contributed by atoms with Gasteiger partial charge < -0.3 is 10.2 Å². The number of phenolic OH excluding ortho intramolecular Hbond substituents is 2. The van der Waals surface area contributed by atoms with E-state index in [-0.39, 0.29) is 16.2 Å². The molecule has 0 spiro atoms. The van der Waals surface area contributed by atoms with Crippen LogP contribution < -0.4 is 0 Å². The quantitative estimate of drug-likeness (QED) is 0.399. The number of hydrogen-bond donors (Lipinski definition) is 2. The molecule has 12 aliphatic carbocycles. The highest BCUT2D eigenvalue weighted by atomic mass is 16.3. The van der Waals surface area contributed by atoms with Gasteiger partial charge in [-0.15, -0.1) is 0 Å². The van der Waals surface area contributed by atoms with E-state index in [1.165, 1.54) is 132 Å². The molecule has 12 aliphatic rings. The third kappa shape index (κ3) is 2.87. The van der Waals surface area contributed by atoms with Crippen LogP contribution in [0.1, 0.15) is 132 Å². The molecule has 13 rings (SSSR count). The molecule has 38 heavy (non-hydrogen) atoms. The summed E-state index contributed by atoms with van der Waals surface area (Å²) in [6.45, 7) is 0. The molecule has 0 amide bonds. The van der Waals surface area contributed by atoms with Crippen LogP contribution in [0.2, 0.25) is 0 Å². The minimum absolute atomic E-state index is 0.132. The summed E-state index contributed by atoms with van der Waals surface area (Å²) < 4.78 is 0. The van der Waals surface area contributed by atoms with E-state index in [1.807, 2.05) is 0 Å². The molecule has 2 nitrogen and oxygen atoms in total. The highest BCUT2D eigenvalue weighted by molar-refractivity contribution is 5.62. The van der Waals surface area contributed by atoms with E-state index in [4.69, 9.17) is 0 Å². The van der Waals surface area contributed by atoms with Crippen molar-refractivity contribution >= 4 is 0 Å². The first-order valence-electron chi connectivity index (χ1n) is 17.0. The Labute approximate surface area is 229 Å². The molecule has 12 saturated carbocycles. The predicted octanol–water partition coefficient (Wildman–Crippen LogP) is 8.50. The number of aromatic hydroxyl groups is 2. The van der Waals surface area contributed by atoms with E-state index in [0.717, 1.165) is 59.0 Å². The van der Waals surface area contributed by atoms with Crippen molar-refractivity contribution in [3.8, 4) is 11.5 Å². The van der Waals surface area contributed by atoms with Crippen LogP contribution in [0, 0.1) is 53.3 Å². The molecule has 2 N–H and O–H groups in total. The molecule has 0 aliphatic heterocycles. The van der Waals surface area contributed by atoms with E-state index in [2.05, 4.69) is 6.07 Å². The van der Waals surface area contributed by atoms with Crippen LogP contribution in [0.4, 0.5) is 0 Å². The molecule has 1 aromatic rings. The van der Waals surface area contributed by atoms with Crippen molar-refractivity contribution in [2.45, 2.75) is 132 Å². The van der Waals surface area contributed by atoms with Gasteiger partial charge in [-0.3, -0.25) is 0 Å². The molecule has 0 aromatic heterocycles. The highest BCUT2D eigenvalue weighted by Crippen LogP contribution is 2.70. The van der Waals surface area contributed by atoms with Crippen molar-refractivity contribution in [1.29, 1.82) is 0 Å². The zero-order chi connectivity index (χ0) is 25.0. The minimum atomic E-state index is 0.132. The van der Waals surface area contributed by atoms with Crippen molar-refractivity contribution < 1.29 is 10.2 Å². The lowest BCUT2D eigenvalue weighted by molar-refractivity contribution is -0.0205. The maximum absolute atomic E-state index is 12.8. The topological polar surface area (TPSA) is 40.5 Å². The monoisotopic (exact) mass is 512 g/mol. The van der Waals surface area contributed by atoms with Crippen molar-refractivity contribution in [3.05, 3.63) is 22.8 Å². The summed E-state index contributed by atoms with van der Waals surface area (Å²) in [6.07, 6.45) is 24.4. The SMILES string of the molecule is Oc1cc(C23CC4CC(CC(C4)C2)C3)c(O)c(C23CC4CC(CC(C4)C2)C3)c1C12CC3CC(CC(C3)C1)C2. The summed E-state index contributed by atoms with van der Waals surface area (Å²) >= 11 is 0. The first-order valence-corrected chi connectivity index (χ1v) is 17.0. The zero-order valence-corrected chi connectivity index (χ0v) is 23.4. The maximum atomic E-state index is 12.8. The number of rotatable bonds is 3. The molecule has 0 saturated heterocycles. The van der Waals surface area contributed by atoms with Crippen LogP contribution in [-0.4, -0.2) is 10.2 Å². The van der Waals surface area contributed by atoms with Gasteiger partial charge in [0.1, 0.15) is 11.5 Å². The van der Waals surface area contributed by atoms with Gasteiger partial charge >= 0.3 is 0 Å². The molecule has 0 unspecified atom stereocenters. The van der Waals surface area contributed by atoms with Gasteiger partial charge in [-0.1, -0.05) is 0 Å². The lowest BCUT2D eigenvalue weighted by Crippen LogP contribution is -2.53. The van der Waals surface area contributed by atoms with Crippen LogP contribution in [0.5, 0.6) is 11.5 Å². The molecular weight excluding hydrogens is 464 g/mol. The van der Waals surface area contributed by atoms with Crippen LogP contribution in [0.3, 0.4) is 0 Å². The van der Waals surface area contributed by atoms with Crippen LogP contribution >= 0.6 is 0 Å².